The molecule has 0 atom stereocenters. The molecule has 1 aliphatic heterocycles. The molecular weight excluding hydrogens is 396 g/mol. The molecule has 0 amide bonds. The molecule has 1 saturated heterocycles. The van der Waals surface area contributed by atoms with Crippen molar-refractivity contribution in [2.45, 2.75) is 38.6 Å². The van der Waals surface area contributed by atoms with Crippen molar-refractivity contribution in [3.05, 3.63) is 84.2 Å². The van der Waals surface area contributed by atoms with E-state index in [2.05, 4.69) is 52.7 Å². The summed E-state index contributed by atoms with van der Waals surface area (Å²) < 4.78 is 1.95. The fourth-order valence-corrected chi connectivity index (χ4v) is 4.42. The van der Waals surface area contributed by atoms with E-state index in [1.54, 1.807) is 6.20 Å². The molecule has 32 heavy (non-hydrogen) atoms. The number of nitrogens with one attached hydrogen (secondary N) is 1. The summed E-state index contributed by atoms with van der Waals surface area (Å²) in [4.78, 5) is 13.8. The molecular formula is C26H28N6. The van der Waals surface area contributed by atoms with Crippen LogP contribution < -0.4 is 5.32 Å². The van der Waals surface area contributed by atoms with Crippen LogP contribution in [0.25, 0.3) is 22.5 Å². The van der Waals surface area contributed by atoms with E-state index in [1.165, 1.54) is 24.0 Å². The van der Waals surface area contributed by atoms with Gasteiger partial charge in [0.25, 0.3) is 0 Å². The Kier molecular flexibility index (Phi) is 6.03. The summed E-state index contributed by atoms with van der Waals surface area (Å²) in [5, 5.41) is 8.22. The number of hydrogen-bond acceptors (Lipinski definition) is 5. The Labute approximate surface area is 188 Å². The molecule has 1 N–H and O–H groups in total. The minimum Gasteiger partial charge on any atom is -0.317 e. The molecule has 6 heteroatoms. The van der Waals surface area contributed by atoms with E-state index in [0.29, 0.717) is 5.92 Å². The van der Waals surface area contributed by atoms with Gasteiger partial charge in [-0.15, -0.1) is 0 Å². The van der Waals surface area contributed by atoms with Gasteiger partial charge in [-0.05, 0) is 68.1 Å². The quantitative estimate of drug-likeness (QED) is 0.494. The second kappa shape index (κ2) is 9.40. The van der Waals surface area contributed by atoms with Crippen LogP contribution in [0.5, 0.6) is 0 Å². The first-order valence-corrected chi connectivity index (χ1v) is 11.4. The molecule has 0 saturated carbocycles. The Morgan fingerprint density at radius 3 is 2.78 bits per heavy atom. The molecule has 4 aromatic rings. The fourth-order valence-electron chi connectivity index (χ4n) is 4.42. The molecule has 1 fully saturated rings. The van der Waals surface area contributed by atoms with Gasteiger partial charge in [-0.3, -0.25) is 9.67 Å². The average Bonchev–Trinajstić information content (AvgIpc) is 3.30. The van der Waals surface area contributed by atoms with Crippen molar-refractivity contribution in [3.8, 4) is 22.5 Å². The van der Waals surface area contributed by atoms with Gasteiger partial charge < -0.3 is 5.32 Å². The number of pyridine rings is 1. The monoisotopic (exact) mass is 424 g/mol. The van der Waals surface area contributed by atoms with E-state index in [4.69, 9.17) is 10.1 Å². The van der Waals surface area contributed by atoms with Gasteiger partial charge in [-0.2, -0.15) is 5.10 Å². The lowest BCUT2D eigenvalue weighted by Gasteiger charge is -2.23. The number of hydrogen-bond donors (Lipinski definition) is 1. The number of aromatic nitrogens is 5. The molecule has 5 rings (SSSR count). The van der Waals surface area contributed by atoms with Crippen LogP contribution in [0.4, 0.5) is 0 Å². The van der Waals surface area contributed by atoms with Gasteiger partial charge in [-0.25, -0.2) is 9.97 Å². The summed E-state index contributed by atoms with van der Waals surface area (Å²) in [6, 6.07) is 14.9. The van der Waals surface area contributed by atoms with Gasteiger partial charge in [-0.1, -0.05) is 24.3 Å². The first kappa shape index (κ1) is 20.5. The first-order valence-electron chi connectivity index (χ1n) is 11.4. The molecule has 6 nitrogen and oxygen atoms in total. The van der Waals surface area contributed by atoms with Crippen molar-refractivity contribution in [2.24, 2.45) is 0 Å². The minimum atomic E-state index is 0.644. The van der Waals surface area contributed by atoms with E-state index in [9.17, 15) is 0 Å². The number of benzene rings is 1. The highest BCUT2D eigenvalue weighted by atomic mass is 15.3. The van der Waals surface area contributed by atoms with E-state index < -0.39 is 0 Å². The Morgan fingerprint density at radius 1 is 1.06 bits per heavy atom. The summed E-state index contributed by atoms with van der Waals surface area (Å²) in [6.45, 7) is 5.09. The molecule has 162 valence electrons. The minimum absolute atomic E-state index is 0.644. The summed E-state index contributed by atoms with van der Waals surface area (Å²) >= 11 is 0. The van der Waals surface area contributed by atoms with Crippen molar-refractivity contribution in [2.75, 3.05) is 13.1 Å². The first-order chi connectivity index (χ1) is 15.8. The highest BCUT2D eigenvalue weighted by Crippen LogP contribution is 2.30. The third kappa shape index (κ3) is 4.46. The maximum absolute atomic E-state index is 4.92. The van der Waals surface area contributed by atoms with Crippen LogP contribution >= 0.6 is 0 Å². The average molecular weight is 425 g/mol. The summed E-state index contributed by atoms with van der Waals surface area (Å²) in [5.74, 6) is 1.47. The van der Waals surface area contributed by atoms with Crippen LogP contribution in [0.1, 0.15) is 42.6 Å². The molecule has 1 aromatic carbocycles. The van der Waals surface area contributed by atoms with Gasteiger partial charge >= 0.3 is 0 Å². The van der Waals surface area contributed by atoms with E-state index in [0.717, 1.165) is 54.4 Å². The van der Waals surface area contributed by atoms with Crippen LogP contribution in [0.3, 0.4) is 0 Å². The van der Waals surface area contributed by atoms with Gasteiger partial charge in [0, 0.05) is 48.9 Å². The van der Waals surface area contributed by atoms with Crippen molar-refractivity contribution >= 4 is 0 Å². The van der Waals surface area contributed by atoms with Crippen LogP contribution in [-0.2, 0) is 13.0 Å². The third-order valence-corrected chi connectivity index (χ3v) is 6.13. The third-order valence-electron chi connectivity index (χ3n) is 6.13. The van der Waals surface area contributed by atoms with Crippen molar-refractivity contribution in [3.63, 3.8) is 0 Å². The SMILES string of the molecule is CCn1cc(-c2ccnc(Cc3cccc(C4CCNCC4)c3)n2)c(-c2cccnc2)n1. The van der Waals surface area contributed by atoms with Crippen molar-refractivity contribution in [1.82, 2.24) is 30.0 Å². The second-order valence-corrected chi connectivity index (χ2v) is 8.29. The fraction of sp³-hybridized carbons (Fsp3) is 0.308. The van der Waals surface area contributed by atoms with E-state index >= 15 is 0 Å². The Bertz CT molecular complexity index is 1180. The summed E-state index contributed by atoms with van der Waals surface area (Å²) in [5.41, 5.74) is 6.48. The van der Waals surface area contributed by atoms with Gasteiger partial charge in [0.15, 0.2) is 0 Å². The van der Waals surface area contributed by atoms with Gasteiger partial charge in [0.1, 0.15) is 11.5 Å². The van der Waals surface area contributed by atoms with Gasteiger partial charge in [0.05, 0.1) is 5.69 Å². The lowest BCUT2D eigenvalue weighted by molar-refractivity contribution is 0.460. The molecule has 1 aliphatic rings. The summed E-state index contributed by atoms with van der Waals surface area (Å²) in [7, 11) is 0. The zero-order chi connectivity index (χ0) is 21.8. The Balaban J connectivity index is 1.43. The molecule has 0 radical (unpaired) electrons. The maximum Gasteiger partial charge on any atom is 0.133 e. The molecule has 3 aromatic heterocycles. The second-order valence-electron chi connectivity index (χ2n) is 8.29. The smallest absolute Gasteiger partial charge is 0.133 e. The summed E-state index contributed by atoms with van der Waals surface area (Å²) in [6.07, 6.45) is 10.7. The molecule has 0 bridgehead atoms. The number of piperidine rings is 1. The van der Waals surface area contributed by atoms with E-state index in [-0.39, 0.29) is 0 Å². The predicted octanol–water partition coefficient (Wildman–Crippen LogP) is 4.48. The van der Waals surface area contributed by atoms with E-state index in [1.807, 2.05) is 35.3 Å². The van der Waals surface area contributed by atoms with Crippen LogP contribution in [0.2, 0.25) is 0 Å². The molecule has 0 spiro atoms. The number of rotatable bonds is 6. The van der Waals surface area contributed by atoms with Gasteiger partial charge in [0.2, 0.25) is 0 Å². The lowest BCUT2D eigenvalue weighted by atomic mass is 9.89. The lowest BCUT2D eigenvalue weighted by Crippen LogP contribution is -2.26. The number of nitrogens with zero attached hydrogens (tertiary/aromatic N) is 5. The standard InChI is InChI=1S/C26H28N6/c1-2-32-18-23(26(31-32)22-7-4-11-28-17-22)24-10-14-29-25(30-24)16-19-5-3-6-21(15-19)20-8-12-27-13-9-20/h3-7,10-11,14-15,17-18,20,27H,2,8-9,12-13,16H2,1H3. The van der Waals surface area contributed by atoms with Crippen LogP contribution in [0.15, 0.2) is 67.3 Å². The predicted molar refractivity (Wildman–Crippen MR) is 126 cm³/mol. The molecule has 0 unspecified atom stereocenters. The maximum atomic E-state index is 4.92. The largest absolute Gasteiger partial charge is 0.317 e. The number of aryl methyl sites for hydroxylation is 1. The van der Waals surface area contributed by atoms with Crippen molar-refractivity contribution in [1.29, 1.82) is 0 Å². The zero-order valence-electron chi connectivity index (χ0n) is 18.4. The van der Waals surface area contributed by atoms with Crippen molar-refractivity contribution < 1.29 is 0 Å². The Hall–Kier alpha value is -3.38. The molecule has 4 heterocycles. The van der Waals surface area contributed by atoms with Crippen LogP contribution in [0, 0.1) is 0 Å². The topological polar surface area (TPSA) is 68.5 Å². The zero-order valence-corrected chi connectivity index (χ0v) is 18.4. The highest BCUT2D eigenvalue weighted by Gasteiger charge is 2.17. The highest BCUT2D eigenvalue weighted by molar-refractivity contribution is 5.78. The Morgan fingerprint density at radius 2 is 1.97 bits per heavy atom. The molecule has 0 aliphatic carbocycles. The van der Waals surface area contributed by atoms with Crippen LogP contribution in [-0.4, -0.2) is 37.8 Å². The normalized spacial score (nSPS) is 14.5.